The van der Waals surface area contributed by atoms with Gasteiger partial charge in [0, 0.05) is 0 Å². The van der Waals surface area contributed by atoms with Crippen molar-refractivity contribution in [1.29, 1.82) is 0 Å². The number of rotatable bonds is 2. The van der Waals surface area contributed by atoms with Crippen LogP contribution in [0.3, 0.4) is 0 Å². The summed E-state index contributed by atoms with van der Waals surface area (Å²) in [7, 11) is 0.941. The summed E-state index contributed by atoms with van der Waals surface area (Å²) in [6.07, 6.45) is 1.24. The van der Waals surface area contributed by atoms with Crippen LogP contribution in [-0.2, 0) is 0 Å². The summed E-state index contributed by atoms with van der Waals surface area (Å²) in [6, 6.07) is 15.2. The van der Waals surface area contributed by atoms with E-state index in [1.807, 2.05) is 0 Å². The van der Waals surface area contributed by atoms with Crippen LogP contribution in [0.5, 0.6) is 0 Å². The maximum Gasteiger partial charge on any atom is -0.0110 e. The molecule has 0 nitrogen and oxygen atoms in total. The molecule has 66 valence electrons. The van der Waals surface area contributed by atoms with E-state index in [-0.39, 0.29) is 0 Å². The number of fused-ring (bicyclic) bond motifs is 1. The lowest BCUT2D eigenvalue weighted by atomic mass is 10.1. The van der Waals surface area contributed by atoms with Crippen LogP contribution in [0.15, 0.2) is 42.5 Å². The van der Waals surface area contributed by atoms with Crippen molar-refractivity contribution in [3.63, 3.8) is 0 Å². The zero-order valence-corrected chi connectivity index (χ0v) is 8.75. The first-order valence-corrected chi connectivity index (χ1v) is 5.84. The summed E-state index contributed by atoms with van der Waals surface area (Å²) in [5.74, 6) is 0. The van der Waals surface area contributed by atoms with Crippen molar-refractivity contribution in [2.75, 3.05) is 6.16 Å². The molecule has 0 saturated carbocycles. The van der Waals surface area contributed by atoms with E-state index in [2.05, 4.69) is 49.4 Å². The highest BCUT2D eigenvalue weighted by Crippen LogP contribution is 2.18. The van der Waals surface area contributed by atoms with Crippen LogP contribution in [-0.4, -0.2) is 6.16 Å². The average molecular weight is 188 g/mol. The van der Waals surface area contributed by atoms with Crippen molar-refractivity contribution in [2.24, 2.45) is 0 Å². The Labute approximate surface area is 80.8 Å². The van der Waals surface area contributed by atoms with Gasteiger partial charge in [-0.1, -0.05) is 58.0 Å². The highest BCUT2D eigenvalue weighted by atomic mass is 31.1. The molecule has 0 spiro atoms. The van der Waals surface area contributed by atoms with E-state index in [0.29, 0.717) is 0 Å². The Bertz CT molecular complexity index is 401. The fraction of sp³-hybridized carbons (Fsp3) is 0.167. The largest absolute Gasteiger partial charge is 0.0900 e. The molecule has 0 aromatic heterocycles. The van der Waals surface area contributed by atoms with Crippen LogP contribution in [0.2, 0.25) is 0 Å². The summed E-state index contributed by atoms with van der Waals surface area (Å²) < 4.78 is 0. The smallest absolute Gasteiger partial charge is 0.0110 e. The molecule has 0 heterocycles. The Hall–Kier alpha value is -0.870. The van der Waals surface area contributed by atoms with Gasteiger partial charge in [0.15, 0.2) is 0 Å². The van der Waals surface area contributed by atoms with Crippen LogP contribution in [0.4, 0.5) is 0 Å². The Morgan fingerprint density at radius 1 is 1.00 bits per heavy atom. The second-order valence-electron chi connectivity index (χ2n) is 3.06. The standard InChI is InChI=1S/C12H13P/c1-2-13-12-9-5-7-10-6-3-4-8-11(10)12/h3-9,13H,2H2,1H3. The van der Waals surface area contributed by atoms with Gasteiger partial charge in [0.25, 0.3) is 0 Å². The van der Waals surface area contributed by atoms with Crippen molar-refractivity contribution in [3.05, 3.63) is 42.5 Å². The third kappa shape index (κ3) is 1.73. The van der Waals surface area contributed by atoms with Gasteiger partial charge in [-0.3, -0.25) is 0 Å². The highest BCUT2D eigenvalue weighted by molar-refractivity contribution is 7.47. The van der Waals surface area contributed by atoms with Crippen LogP contribution in [0, 0.1) is 0 Å². The van der Waals surface area contributed by atoms with Crippen molar-refractivity contribution in [1.82, 2.24) is 0 Å². The molecule has 0 aliphatic carbocycles. The first-order valence-electron chi connectivity index (χ1n) is 4.63. The minimum atomic E-state index is 0.941. The molecule has 0 N–H and O–H groups in total. The summed E-state index contributed by atoms with van der Waals surface area (Å²) in [5, 5.41) is 4.28. The maximum atomic E-state index is 2.24. The predicted molar refractivity (Wildman–Crippen MR) is 62.4 cm³/mol. The number of benzene rings is 2. The van der Waals surface area contributed by atoms with Crippen LogP contribution >= 0.6 is 8.58 Å². The minimum Gasteiger partial charge on any atom is -0.0900 e. The summed E-state index contributed by atoms with van der Waals surface area (Å²) in [6.45, 7) is 2.24. The molecule has 0 aliphatic heterocycles. The Balaban J connectivity index is 2.61. The van der Waals surface area contributed by atoms with Crippen molar-refractivity contribution in [3.8, 4) is 0 Å². The molecule has 0 aliphatic rings. The zero-order chi connectivity index (χ0) is 9.10. The van der Waals surface area contributed by atoms with E-state index < -0.39 is 0 Å². The molecular weight excluding hydrogens is 175 g/mol. The van der Waals surface area contributed by atoms with Gasteiger partial charge in [-0.15, -0.1) is 0 Å². The van der Waals surface area contributed by atoms with E-state index in [0.717, 1.165) is 8.58 Å². The third-order valence-electron chi connectivity index (χ3n) is 2.16. The fourth-order valence-electron chi connectivity index (χ4n) is 1.57. The predicted octanol–water partition coefficient (Wildman–Crippen LogP) is 3.16. The Morgan fingerprint density at radius 3 is 2.62 bits per heavy atom. The molecule has 0 bridgehead atoms. The van der Waals surface area contributed by atoms with E-state index in [9.17, 15) is 0 Å². The third-order valence-corrected chi connectivity index (χ3v) is 3.33. The molecule has 0 radical (unpaired) electrons. The van der Waals surface area contributed by atoms with E-state index >= 15 is 0 Å². The van der Waals surface area contributed by atoms with Crippen molar-refractivity contribution >= 4 is 24.7 Å². The fourth-order valence-corrected chi connectivity index (χ4v) is 2.58. The minimum absolute atomic E-state index is 0.941. The summed E-state index contributed by atoms with van der Waals surface area (Å²) >= 11 is 0. The first-order chi connectivity index (χ1) is 6.42. The molecule has 2 aromatic carbocycles. The number of hydrogen-bond donors (Lipinski definition) is 0. The van der Waals surface area contributed by atoms with E-state index in [1.54, 1.807) is 0 Å². The summed E-state index contributed by atoms with van der Waals surface area (Å²) in [5.41, 5.74) is 0. The van der Waals surface area contributed by atoms with Gasteiger partial charge in [0.1, 0.15) is 0 Å². The topological polar surface area (TPSA) is 0 Å². The van der Waals surface area contributed by atoms with Gasteiger partial charge in [-0.05, 0) is 22.2 Å². The average Bonchev–Trinajstić information content (AvgIpc) is 2.19. The second kappa shape index (κ2) is 3.89. The first kappa shape index (κ1) is 8.72. The quantitative estimate of drug-likeness (QED) is 0.635. The monoisotopic (exact) mass is 188 g/mol. The number of hydrogen-bond acceptors (Lipinski definition) is 0. The van der Waals surface area contributed by atoms with Crippen molar-refractivity contribution < 1.29 is 0 Å². The van der Waals surface area contributed by atoms with Gasteiger partial charge in [-0.2, -0.15) is 0 Å². The van der Waals surface area contributed by atoms with Gasteiger partial charge >= 0.3 is 0 Å². The lowest BCUT2D eigenvalue weighted by molar-refractivity contribution is 1.52. The van der Waals surface area contributed by atoms with Gasteiger partial charge in [0.2, 0.25) is 0 Å². The van der Waals surface area contributed by atoms with E-state index in [1.165, 1.54) is 22.2 Å². The van der Waals surface area contributed by atoms with Crippen LogP contribution < -0.4 is 5.30 Å². The molecule has 13 heavy (non-hydrogen) atoms. The molecule has 1 atom stereocenters. The zero-order valence-electron chi connectivity index (χ0n) is 7.75. The van der Waals surface area contributed by atoms with Gasteiger partial charge in [-0.25, -0.2) is 0 Å². The summed E-state index contributed by atoms with van der Waals surface area (Å²) in [4.78, 5) is 0. The highest BCUT2D eigenvalue weighted by Gasteiger charge is 1.97. The lowest BCUT2D eigenvalue weighted by Crippen LogP contribution is -1.95. The Morgan fingerprint density at radius 2 is 1.77 bits per heavy atom. The van der Waals surface area contributed by atoms with Crippen molar-refractivity contribution in [2.45, 2.75) is 6.92 Å². The molecular formula is C12H13P. The van der Waals surface area contributed by atoms with Crippen LogP contribution in [0.1, 0.15) is 6.92 Å². The molecule has 2 rings (SSSR count). The molecule has 1 heteroatoms. The molecule has 0 fully saturated rings. The Kier molecular flexibility index (Phi) is 2.61. The lowest BCUT2D eigenvalue weighted by Gasteiger charge is -2.04. The molecule has 0 saturated heterocycles. The molecule has 1 unspecified atom stereocenters. The molecule has 2 aromatic rings. The normalized spacial score (nSPS) is 11.5. The molecule has 0 amide bonds. The maximum absolute atomic E-state index is 2.24. The van der Waals surface area contributed by atoms with E-state index in [4.69, 9.17) is 0 Å². The van der Waals surface area contributed by atoms with Gasteiger partial charge in [0.05, 0.1) is 0 Å². The van der Waals surface area contributed by atoms with Crippen LogP contribution in [0.25, 0.3) is 10.8 Å². The van der Waals surface area contributed by atoms with Gasteiger partial charge < -0.3 is 0 Å². The SMILES string of the molecule is CCPc1cccc2ccccc12. The second-order valence-corrected chi connectivity index (χ2v) is 4.66.